The molecule has 8 heteroatoms. The first-order valence-electron chi connectivity index (χ1n) is 8.13. The standard InChI is InChI=1S/C17H20ClFN4O2/c1-11-10-23(7-8-25-11)15(16-12(18)3-2-4-13(16)19)9-20-17(24)14-5-6-21-22-14/h2-6,11,15H,7-10H2,1H3,(H,20,24)(H,21,22). The Morgan fingerprint density at radius 2 is 2.40 bits per heavy atom. The summed E-state index contributed by atoms with van der Waals surface area (Å²) < 4.78 is 20.0. The molecule has 1 fully saturated rings. The molecule has 6 nitrogen and oxygen atoms in total. The van der Waals surface area contributed by atoms with Gasteiger partial charge in [0.25, 0.3) is 5.91 Å². The van der Waals surface area contributed by atoms with Crippen LogP contribution >= 0.6 is 11.6 Å². The molecule has 2 atom stereocenters. The third-order valence-corrected chi connectivity index (χ3v) is 4.58. The molecule has 2 aromatic rings. The maximum Gasteiger partial charge on any atom is 0.269 e. The third kappa shape index (κ3) is 4.18. The van der Waals surface area contributed by atoms with E-state index in [2.05, 4.69) is 20.4 Å². The topological polar surface area (TPSA) is 70.2 Å². The lowest BCUT2D eigenvalue weighted by Crippen LogP contribution is -2.47. The quantitative estimate of drug-likeness (QED) is 0.852. The van der Waals surface area contributed by atoms with Gasteiger partial charge in [0.05, 0.1) is 18.8 Å². The second kappa shape index (κ2) is 7.95. The summed E-state index contributed by atoms with van der Waals surface area (Å²) in [5, 5.41) is 9.56. The predicted octanol–water partition coefficient (Wildman–Crippen LogP) is 2.39. The van der Waals surface area contributed by atoms with Crippen molar-refractivity contribution in [2.75, 3.05) is 26.2 Å². The molecule has 0 spiro atoms. The summed E-state index contributed by atoms with van der Waals surface area (Å²) in [5.74, 6) is -0.677. The largest absolute Gasteiger partial charge is 0.376 e. The Morgan fingerprint density at radius 1 is 1.56 bits per heavy atom. The van der Waals surface area contributed by atoms with Crippen molar-refractivity contribution in [1.29, 1.82) is 0 Å². The van der Waals surface area contributed by atoms with Gasteiger partial charge in [-0.3, -0.25) is 14.8 Å². The van der Waals surface area contributed by atoms with E-state index in [4.69, 9.17) is 16.3 Å². The number of carbonyl (C=O) groups is 1. The highest BCUT2D eigenvalue weighted by Gasteiger charge is 2.29. The number of hydrogen-bond donors (Lipinski definition) is 2. The minimum Gasteiger partial charge on any atom is -0.376 e. The van der Waals surface area contributed by atoms with Crippen molar-refractivity contribution >= 4 is 17.5 Å². The first kappa shape index (κ1) is 17.8. The second-order valence-electron chi connectivity index (χ2n) is 6.01. The van der Waals surface area contributed by atoms with E-state index >= 15 is 0 Å². The molecule has 2 unspecified atom stereocenters. The van der Waals surface area contributed by atoms with Gasteiger partial charge in [0.2, 0.25) is 0 Å². The number of amides is 1. The van der Waals surface area contributed by atoms with Crippen LogP contribution in [0.2, 0.25) is 5.02 Å². The number of nitrogens with zero attached hydrogens (tertiary/aromatic N) is 2. The lowest BCUT2D eigenvalue weighted by Gasteiger charge is -2.38. The summed E-state index contributed by atoms with van der Waals surface area (Å²) in [4.78, 5) is 14.3. The number of H-pyrrole nitrogens is 1. The third-order valence-electron chi connectivity index (χ3n) is 4.25. The minimum atomic E-state index is -0.382. The molecule has 0 bridgehead atoms. The van der Waals surface area contributed by atoms with Crippen LogP contribution in [0.25, 0.3) is 0 Å². The number of halogens is 2. The summed E-state index contributed by atoms with van der Waals surface area (Å²) in [6, 6.07) is 5.81. The van der Waals surface area contributed by atoms with Crippen LogP contribution < -0.4 is 5.32 Å². The molecule has 1 aromatic heterocycles. The van der Waals surface area contributed by atoms with Gasteiger partial charge in [0.15, 0.2) is 0 Å². The number of carbonyl (C=O) groups excluding carboxylic acids is 1. The van der Waals surface area contributed by atoms with E-state index in [1.54, 1.807) is 18.2 Å². The fourth-order valence-corrected chi connectivity index (χ4v) is 3.33. The Bertz CT molecular complexity index is 705. The minimum absolute atomic E-state index is 0.0325. The summed E-state index contributed by atoms with van der Waals surface area (Å²) in [5.41, 5.74) is 0.747. The number of ether oxygens (including phenoxy) is 1. The van der Waals surface area contributed by atoms with Gasteiger partial charge in [0, 0.05) is 36.4 Å². The molecule has 134 valence electrons. The molecule has 1 amide bonds. The number of hydrogen-bond acceptors (Lipinski definition) is 4. The van der Waals surface area contributed by atoms with Gasteiger partial charge in [-0.2, -0.15) is 5.10 Å². The van der Waals surface area contributed by atoms with Crippen LogP contribution in [0.5, 0.6) is 0 Å². The van der Waals surface area contributed by atoms with Crippen LogP contribution in [0, 0.1) is 5.82 Å². The number of morpholine rings is 1. The van der Waals surface area contributed by atoms with Crippen LogP contribution in [-0.4, -0.2) is 53.3 Å². The van der Waals surface area contributed by atoms with E-state index in [0.717, 1.165) is 0 Å². The van der Waals surface area contributed by atoms with Crippen LogP contribution in [0.4, 0.5) is 4.39 Å². The van der Waals surface area contributed by atoms with Crippen molar-refractivity contribution < 1.29 is 13.9 Å². The smallest absolute Gasteiger partial charge is 0.269 e. The van der Waals surface area contributed by atoms with Gasteiger partial charge in [-0.25, -0.2) is 4.39 Å². The molecule has 25 heavy (non-hydrogen) atoms. The number of benzene rings is 1. The van der Waals surface area contributed by atoms with Crippen molar-refractivity contribution in [1.82, 2.24) is 20.4 Å². The van der Waals surface area contributed by atoms with Gasteiger partial charge in [-0.1, -0.05) is 17.7 Å². The average Bonchev–Trinajstić information content (AvgIpc) is 3.12. The van der Waals surface area contributed by atoms with E-state index in [1.165, 1.54) is 12.3 Å². The number of aromatic amines is 1. The van der Waals surface area contributed by atoms with Crippen LogP contribution in [0.3, 0.4) is 0 Å². The number of nitrogens with one attached hydrogen (secondary N) is 2. The average molecular weight is 367 g/mol. The Morgan fingerprint density at radius 3 is 3.08 bits per heavy atom. The molecule has 0 saturated carbocycles. The summed E-state index contributed by atoms with van der Waals surface area (Å²) in [7, 11) is 0. The molecule has 1 aliphatic rings. The van der Waals surface area contributed by atoms with E-state index < -0.39 is 0 Å². The Balaban J connectivity index is 1.82. The molecule has 3 rings (SSSR count). The maximum atomic E-state index is 14.5. The summed E-state index contributed by atoms with van der Waals surface area (Å²) >= 11 is 6.27. The molecule has 0 radical (unpaired) electrons. The van der Waals surface area contributed by atoms with Gasteiger partial charge >= 0.3 is 0 Å². The van der Waals surface area contributed by atoms with Crippen LogP contribution in [0.1, 0.15) is 29.0 Å². The van der Waals surface area contributed by atoms with Gasteiger partial charge in [0.1, 0.15) is 11.5 Å². The van der Waals surface area contributed by atoms with Gasteiger partial charge in [-0.05, 0) is 25.1 Å². The first-order chi connectivity index (χ1) is 12.1. The van der Waals surface area contributed by atoms with Crippen molar-refractivity contribution in [3.8, 4) is 0 Å². The highest BCUT2D eigenvalue weighted by Crippen LogP contribution is 2.31. The van der Waals surface area contributed by atoms with Gasteiger partial charge < -0.3 is 10.1 Å². The van der Waals surface area contributed by atoms with Crippen molar-refractivity contribution in [2.24, 2.45) is 0 Å². The zero-order valence-corrected chi connectivity index (χ0v) is 14.6. The fraction of sp³-hybridized carbons (Fsp3) is 0.412. The van der Waals surface area contributed by atoms with Crippen LogP contribution in [-0.2, 0) is 4.74 Å². The maximum absolute atomic E-state index is 14.5. The zero-order chi connectivity index (χ0) is 17.8. The van der Waals surface area contributed by atoms with E-state index in [-0.39, 0.29) is 30.4 Å². The lowest BCUT2D eigenvalue weighted by molar-refractivity contribution is -0.0346. The molecule has 1 aromatic carbocycles. The first-order valence-corrected chi connectivity index (χ1v) is 8.51. The normalized spacial score (nSPS) is 19.6. The molecule has 0 aliphatic carbocycles. The number of rotatable bonds is 5. The van der Waals surface area contributed by atoms with Crippen LogP contribution in [0.15, 0.2) is 30.5 Å². The highest BCUT2D eigenvalue weighted by atomic mass is 35.5. The zero-order valence-electron chi connectivity index (χ0n) is 13.8. The van der Waals surface area contributed by atoms with Crippen molar-refractivity contribution in [3.63, 3.8) is 0 Å². The van der Waals surface area contributed by atoms with Crippen molar-refractivity contribution in [3.05, 3.63) is 52.6 Å². The van der Waals surface area contributed by atoms with E-state index in [1.807, 2.05) is 6.92 Å². The van der Waals surface area contributed by atoms with E-state index in [9.17, 15) is 9.18 Å². The highest BCUT2D eigenvalue weighted by molar-refractivity contribution is 6.31. The molecule has 1 saturated heterocycles. The monoisotopic (exact) mass is 366 g/mol. The molecule has 1 aliphatic heterocycles. The summed E-state index contributed by atoms with van der Waals surface area (Å²) in [6.45, 7) is 4.02. The SMILES string of the molecule is CC1CN(C(CNC(=O)c2ccn[nH]2)c2c(F)cccc2Cl)CCO1. The fourth-order valence-electron chi connectivity index (χ4n) is 3.04. The molecule has 2 N–H and O–H groups in total. The molecule has 2 heterocycles. The predicted molar refractivity (Wildman–Crippen MR) is 92.1 cm³/mol. The number of aromatic nitrogens is 2. The Kier molecular flexibility index (Phi) is 5.67. The summed E-state index contributed by atoms with van der Waals surface area (Å²) in [6.07, 6.45) is 1.54. The Hall–Kier alpha value is -1.96. The molecular weight excluding hydrogens is 347 g/mol. The second-order valence-corrected chi connectivity index (χ2v) is 6.42. The van der Waals surface area contributed by atoms with Crippen molar-refractivity contribution in [2.45, 2.75) is 19.1 Å². The lowest BCUT2D eigenvalue weighted by atomic mass is 10.0. The molecular formula is C17H20ClFN4O2. The van der Waals surface area contributed by atoms with E-state index in [0.29, 0.717) is 36.0 Å². The Labute approximate surface area is 150 Å². The van der Waals surface area contributed by atoms with Gasteiger partial charge in [-0.15, -0.1) is 0 Å².